The first-order chi connectivity index (χ1) is 13.5. The molecule has 0 saturated heterocycles. The molecule has 0 heterocycles. The van der Waals surface area contributed by atoms with Crippen LogP contribution in [0.2, 0.25) is 0 Å². The Bertz CT molecular complexity index is 949. The summed E-state index contributed by atoms with van der Waals surface area (Å²) in [6, 6.07) is 8.68. The molecule has 0 unspecified atom stereocenters. The summed E-state index contributed by atoms with van der Waals surface area (Å²) in [6.45, 7) is 0.0599. The van der Waals surface area contributed by atoms with Gasteiger partial charge in [0, 0.05) is 17.7 Å². The van der Waals surface area contributed by atoms with E-state index in [4.69, 9.17) is 20.6 Å². The van der Waals surface area contributed by atoms with Crippen LogP contribution < -0.4 is 19.6 Å². The molecule has 0 fully saturated rings. The van der Waals surface area contributed by atoms with Gasteiger partial charge in [0.15, 0.2) is 0 Å². The zero-order valence-corrected chi connectivity index (χ0v) is 15.2. The van der Waals surface area contributed by atoms with Crippen LogP contribution in [-0.4, -0.2) is 37.9 Å². The molecule has 0 atom stereocenters. The number of methoxy groups -OCH3 is 2. The van der Waals surface area contributed by atoms with Crippen LogP contribution in [0.1, 0.15) is 15.9 Å². The van der Waals surface area contributed by atoms with Crippen molar-refractivity contribution in [2.24, 2.45) is 5.10 Å². The Balaban J connectivity index is 2.23. The zero-order valence-electron chi connectivity index (χ0n) is 15.2. The molecule has 0 aliphatic carbocycles. The first kappa shape index (κ1) is 20.3. The highest BCUT2D eigenvalue weighted by Crippen LogP contribution is 2.24. The van der Waals surface area contributed by atoms with Crippen LogP contribution in [0.4, 0.5) is 5.69 Å². The van der Waals surface area contributed by atoms with Gasteiger partial charge in [0.1, 0.15) is 23.9 Å². The molecule has 2 aromatic rings. The lowest BCUT2D eigenvalue weighted by atomic mass is 10.1. The van der Waals surface area contributed by atoms with E-state index in [-0.39, 0.29) is 23.6 Å². The van der Waals surface area contributed by atoms with Crippen LogP contribution in [0.15, 0.2) is 41.5 Å². The van der Waals surface area contributed by atoms with Crippen LogP contribution in [-0.2, 0) is 0 Å². The number of nitro groups is 1. The van der Waals surface area contributed by atoms with Crippen molar-refractivity contribution >= 4 is 17.8 Å². The Morgan fingerprint density at radius 3 is 2.64 bits per heavy atom. The normalized spacial score (nSPS) is 10.2. The second-order valence-corrected chi connectivity index (χ2v) is 5.24. The number of rotatable bonds is 8. The van der Waals surface area contributed by atoms with Crippen molar-refractivity contribution < 1.29 is 23.9 Å². The lowest BCUT2D eigenvalue weighted by Gasteiger charge is -2.09. The minimum absolute atomic E-state index is 0.0247. The third kappa shape index (κ3) is 4.98. The lowest BCUT2D eigenvalue weighted by molar-refractivity contribution is -0.384. The number of terminal acetylenes is 1. The number of ether oxygens (including phenoxy) is 3. The van der Waals surface area contributed by atoms with E-state index in [1.54, 1.807) is 18.2 Å². The van der Waals surface area contributed by atoms with Gasteiger partial charge in [0.05, 0.1) is 30.9 Å². The standard InChI is InChI=1S/C19H17N3O6/c1-4-9-28-17-8-6-15(26-2)10-13(17)12-20-21-19(23)16-11-14(22(24)25)5-7-18(16)27-3/h1,5-8,10-12H,9H2,2-3H3,(H,21,23)/b20-12-. The van der Waals surface area contributed by atoms with Crippen molar-refractivity contribution in [2.45, 2.75) is 0 Å². The van der Waals surface area contributed by atoms with Gasteiger partial charge >= 0.3 is 0 Å². The topological polar surface area (TPSA) is 112 Å². The minimum Gasteiger partial charge on any atom is -0.497 e. The van der Waals surface area contributed by atoms with E-state index in [0.29, 0.717) is 17.1 Å². The van der Waals surface area contributed by atoms with Crippen molar-refractivity contribution in [2.75, 3.05) is 20.8 Å². The van der Waals surface area contributed by atoms with Crippen LogP contribution in [0, 0.1) is 22.5 Å². The van der Waals surface area contributed by atoms with Gasteiger partial charge in [-0.3, -0.25) is 14.9 Å². The SMILES string of the molecule is C#CCOc1ccc(OC)cc1/C=N\NC(=O)c1cc([N+](=O)[O-])ccc1OC. The molecule has 28 heavy (non-hydrogen) atoms. The number of hydrogen-bond acceptors (Lipinski definition) is 7. The number of nitrogens with zero attached hydrogens (tertiary/aromatic N) is 2. The zero-order chi connectivity index (χ0) is 20.5. The van der Waals surface area contributed by atoms with Gasteiger partial charge < -0.3 is 14.2 Å². The molecule has 2 aromatic carbocycles. The number of carbonyl (C=O) groups excluding carboxylic acids is 1. The lowest BCUT2D eigenvalue weighted by Crippen LogP contribution is -2.18. The monoisotopic (exact) mass is 383 g/mol. The summed E-state index contributed by atoms with van der Waals surface area (Å²) < 4.78 is 15.6. The fraction of sp³-hybridized carbons (Fsp3) is 0.158. The van der Waals surface area contributed by atoms with Crippen molar-refractivity contribution in [1.29, 1.82) is 0 Å². The molecule has 0 radical (unpaired) electrons. The first-order valence-electron chi connectivity index (χ1n) is 7.90. The van der Waals surface area contributed by atoms with E-state index >= 15 is 0 Å². The molecule has 0 saturated carbocycles. The maximum atomic E-state index is 12.4. The van der Waals surface area contributed by atoms with Crippen molar-refractivity contribution in [3.8, 4) is 29.6 Å². The number of hydrogen-bond donors (Lipinski definition) is 1. The van der Waals surface area contributed by atoms with Crippen LogP contribution >= 0.6 is 0 Å². The predicted octanol–water partition coefficient (Wildman–Crippen LogP) is 2.39. The van der Waals surface area contributed by atoms with Gasteiger partial charge in [0.25, 0.3) is 11.6 Å². The Labute approximate surface area is 161 Å². The summed E-state index contributed by atoms with van der Waals surface area (Å²) in [4.78, 5) is 22.7. The predicted molar refractivity (Wildman–Crippen MR) is 102 cm³/mol. The van der Waals surface area contributed by atoms with Gasteiger partial charge in [-0.25, -0.2) is 5.43 Å². The fourth-order valence-electron chi connectivity index (χ4n) is 2.21. The Morgan fingerprint density at radius 1 is 1.25 bits per heavy atom. The van der Waals surface area contributed by atoms with Crippen molar-refractivity contribution in [1.82, 2.24) is 5.43 Å². The molecule has 0 aliphatic rings. The van der Waals surface area contributed by atoms with Crippen molar-refractivity contribution in [3.05, 3.63) is 57.6 Å². The smallest absolute Gasteiger partial charge is 0.275 e. The maximum Gasteiger partial charge on any atom is 0.275 e. The molecule has 0 aliphatic heterocycles. The van der Waals surface area contributed by atoms with E-state index in [0.717, 1.165) is 6.07 Å². The molecular formula is C19H17N3O6. The number of non-ortho nitro benzene ring substituents is 1. The van der Waals surface area contributed by atoms with E-state index in [9.17, 15) is 14.9 Å². The number of hydrazone groups is 1. The first-order valence-corrected chi connectivity index (χ1v) is 7.90. The highest BCUT2D eigenvalue weighted by atomic mass is 16.6. The van der Waals surface area contributed by atoms with E-state index < -0.39 is 10.8 Å². The van der Waals surface area contributed by atoms with Crippen LogP contribution in [0.3, 0.4) is 0 Å². The number of amides is 1. The largest absolute Gasteiger partial charge is 0.497 e. The molecule has 9 heteroatoms. The van der Waals surface area contributed by atoms with Gasteiger partial charge in [-0.05, 0) is 24.3 Å². The third-order valence-electron chi connectivity index (χ3n) is 3.54. The average Bonchev–Trinajstić information content (AvgIpc) is 2.71. The number of nitrogens with one attached hydrogen (secondary N) is 1. The number of nitro benzene ring substituents is 1. The summed E-state index contributed by atoms with van der Waals surface area (Å²) >= 11 is 0. The van der Waals surface area contributed by atoms with Gasteiger partial charge in [-0.2, -0.15) is 5.10 Å². The van der Waals surface area contributed by atoms with Crippen LogP contribution in [0.25, 0.3) is 0 Å². The molecular weight excluding hydrogens is 366 g/mol. The molecule has 9 nitrogen and oxygen atoms in total. The van der Waals surface area contributed by atoms with Crippen LogP contribution in [0.5, 0.6) is 17.2 Å². The average molecular weight is 383 g/mol. The molecule has 1 N–H and O–H groups in total. The highest BCUT2D eigenvalue weighted by molar-refractivity contribution is 5.98. The Kier molecular flexibility index (Phi) is 6.93. The Hall–Kier alpha value is -4.06. The third-order valence-corrected chi connectivity index (χ3v) is 3.54. The summed E-state index contributed by atoms with van der Waals surface area (Å²) in [5, 5.41) is 14.8. The maximum absolute atomic E-state index is 12.4. The van der Waals surface area contributed by atoms with E-state index in [1.165, 1.54) is 32.6 Å². The molecule has 2 rings (SSSR count). The summed E-state index contributed by atoms with van der Waals surface area (Å²) in [7, 11) is 2.86. The molecule has 0 spiro atoms. The highest BCUT2D eigenvalue weighted by Gasteiger charge is 2.17. The van der Waals surface area contributed by atoms with E-state index in [1.807, 2.05) is 0 Å². The quantitative estimate of drug-likeness (QED) is 0.324. The van der Waals surface area contributed by atoms with Crippen molar-refractivity contribution in [3.63, 3.8) is 0 Å². The van der Waals surface area contributed by atoms with Gasteiger partial charge in [-0.15, -0.1) is 6.42 Å². The van der Waals surface area contributed by atoms with E-state index in [2.05, 4.69) is 16.4 Å². The van der Waals surface area contributed by atoms with Gasteiger partial charge in [-0.1, -0.05) is 5.92 Å². The minimum atomic E-state index is -0.675. The number of carbonyl (C=O) groups is 1. The number of benzene rings is 2. The summed E-state index contributed by atoms with van der Waals surface area (Å²) in [5.74, 6) is 2.87. The second kappa shape index (κ2) is 9.59. The molecule has 1 amide bonds. The van der Waals surface area contributed by atoms with Gasteiger partial charge in [0.2, 0.25) is 0 Å². The summed E-state index contributed by atoms with van der Waals surface area (Å²) in [5.41, 5.74) is 2.55. The molecule has 0 aromatic heterocycles. The summed E-state index contributed by atoms with van der Waals surface area (Å²) in [6.07, 6.45) is 6.54. The fourth-order valence-corrected chi connectivity index (χ4v) is 2.21. The molecule has 0 bridgehead atoms. The second-order valence-electron chi connectivity index (χ2n) is 5.24. The Morgan fingerprint density at radius 2 is 2.00 bits per heavy atom. The molecule has 144 valence electrons.